The molecular weight excluding hydrogens is 224 g/mol. The Hall–Kier alpha value is -1.03. The number of aromatic nitrogens is 2. The lowest BCUT2D eigenvalue weighted by atomic mass is 10.1. The van der Waals surface area contributed by atoms with Crippen LogP contribution in [-0.4, -0.2) is 40.1 Å². The predicted molar refractivity (Wildman–Crippen MR) is 76.0 cm³/mol. The van der Waals surface area contributed by atoms with E-state index in [1.165, 1.54) is 32.4 Å². The summed E-state index contributed by atoms with van der Waals surface area (Å²) in [6.45, 7) is 10.1. The third-order valence-electron chi connectivity index (χ3n) is 3.79. The van der Waals surface area contributed by atoms with Gasteiger partial charge in [0.1, 0.15) is 0 Å². The Bertz CT molecular complexity index is 352. The number of likely N-dealkylation sites (tertiary alicyclic amines) is 1. The summed E-state index contributed by atoms with van der Waals surface area (Å²) in [7, 11) is 0. The van der Waals surface area contributed by atoms with E-state index in [0.29, 0.717) is 12.1 Å². The lowest BCUT2D eigenvalue weighted by Crippen LogP contribution is -2.41. The molecule has 1 aromatic rings. The topological polar surface area (TPSA) is 33.1 Å². The van der Waals surface area contributed by atoms with Crippen LogP contribution in [0.5, 0.6) is 0 Å². The third-order valence-corrected chi connectivity index (χ3v) is 3.79. The first-order valence-electron chi connectivity index (χ1n) is 7.19. The molecule has 4 nitrogen and oxygen atoms in total. The molecule has 0 saturated carbocycles. The molecule has 0 aromatic carbocycles. The van der Waals surface area contributed by atoms with Gasteiger partial charge < -0.3 is 9.88 Å². The molecule has 2 heterocycles. The fraction of sp³-hybridized carbons (Fsp3) is 0.786. The normalized spacial score (nSPS) is 19.1. The third kappa shape index (κ3) is 3.25. The maximum absolute atomic E-state index is 4.39. The highest BCUT2D eigenvalue weighted by molar-refractivity contribution is 5.26. The summed E-state index contributed by atoms with van der Waals surface area (Å²) in [5.41, 5.74) is 0. The van der Waals surface area contributed by atoms with Crippen LogP contribution in [0.4, 0.5) is 5.95 Å². The first-order valence-corrected chi connectivity index (χ1v) is 7.19. The summed E-state index contributed by atoms with van der Waals surface area (Å²) in [5, 5.41) is 3.48. The van der Waals surface area contributed by atoms with Gasteiger partial charge in [-0.1, -0.05) is 6.42 Å². The van der Waals surface area contributed by atoms with Crippen LogP contribution < -0.4 is 5.32 Å². The standard InChI is InChI=1S/C14H26N4/c1-12(2)18-10-7-15-14(18)16-11-13(3)17-8-5-4-6-9-17/h7,10,12-13H,4-6,8-9,11H2,1-3H3,(H,15,16). The summed E-state index contributed by atoms with van der Waals surface area (Å²) >= 11 is 0. The van der Waals surface area contributed by atoms with Crippen LogP contribution in [0.3, 0.4) is 0 Å². The number of hydrogen-bond acceptors (Lipinski definition) is 3. The van der Waals surface area contributed by atoms with Gasteiger partial charge >= 0.3 is 0 Å². The first-order chi connectivity index (χ1) is 8.68. The SMILES string of the molecule is CC(CNc1nccn1C(C)C)N1CCCCC1. The number of piperidine rings is 1. The number of imidazole rings is 1. The molecule has 1 unspecified atom stereocenters. The number of rotatable bonds is 5. The zero-order valence-corrected chi connectivity index (χ0v) is 11.9. The van der Waals surface area contributed by atoms with Crippen LogP contribution in [0.2, 0.25) is 0 Å². The minimum absolute atomic E-state index is 0.459. The zero-order chi connectivity index (χ0) is 13.0. The molecule has 1 aromatic heterocycles. The molecule has 18 heavy (non-hydrogen) atoms. The monoisotopic (exact) mass is 250 g/mol. The summed E-state index contributed by atoms with van der Waals surface area (Å²) < 4.78 is 2.18. The van der Waals surface area contributed by atoms with Crippen LogP contribution in [0.15, 0.2) is 12.4 Å². The van der Waals surface area contributed by atoms with Crippen LogP contribution in [0, 0.1) is 0 Å². The highest BCUT2D eigenvalue weighted by Gasteiger charge is 2.17. The molecule has 0 aliphatic carbocycles. The van der Waals surface area contributed by atoms with Gasteiger partial charge in [0, 0.05) is 31.0 Å². The van der Waals surface area contributed by atoms with Crippen molar-refractivity contribution >= 4 is 5.95 Å². The average molecular weight is 250 g/mol. The van der Waals surface area contributed by atoms with E-state index in [4.69, 9.17) is 0 Å². The van der Waals surface area contributed by atoms with E-state index in [1.807, 2.05) is 12.4 Å². The van der Waals surface area contributed by atoms with E-state index >= 15 is 0 Å². The van der Waals surface area contributed by atoms with Crippen molar-refractivity contribution < 1.29 is 0 Å². The molecule has 4 heteroatoms. The lowest BCUT2D eigenvalue weighted by Gasteiger charge is -2.32. The van der Waals surface area contributed by atoms with Gasteiger partial charge in [-0.2, -0.15) is 0 Å². The molecule has 1 aliphatic heterocycles. The van der Waals surface area contributed by atoms with E-state index in [1.54, 1.807) is 0 Å². The van der Waals surface area contributed by atoms with Gasteiger partial charge in [0.05, 0.1) is 0 Å². The van der Waals surface area contributed by atoms with E-state index in [0.717, 1.165) is 12.5 Å². The molecule has 1 fully saturated rings. The van der Waals surface area contributed by atoms with Crippen molar-refractivity contribution in [3.63, 3.8) is 0 Å². The largest absolute Gasteiger partial charge is 0.354 e. The Morgan fingerprint density at radius 1 is 1.22 bits per heavy atom. The average Bonchev–Trinajstić information content (AvgIpc) is 2.85. The summed E-state index contributed by atoms with van der Waals surface area (Å²) in [4.78, 5) is 6.97. The summed E-state index contributed by atoms with van der Waals surface area (Å²) in [6.07, 6.45) is 8.01. The molecule has 102 valence electrons. The molecule has 0 radical (unpaired) electrons. The quantitative estimate of drug-likeness (QED) is 0.872. The van der Waals surface area contributed by atoms with E-state index < -0.39 is 0 Å². The summed E-state index contributed by atoms with van der Waals surface area (Å²) in [6, 6.07) is 1.04. The molecule has 0 amide bonds. The summed E-state index contributed by atoms with van der Waals surface area (Å²) in [5.74, 6) is 0.994. The smallest absolute Gasteiger partial charge is 0.203 e. The van der Waals surface area contributed by atoms with Crippen LogP contribution in [-0.2, 0) is 0 Å². The second kappa shape index (κ2) is 6.23. The zero-order valence-electron chi connectivity index (χ0n) is 11.9. The highest BCUT2D eigenvalue weighted by Crippen LogP contribution is 2.15. The van der Waals surface area contributed by atoms with Crippen LogP contribution >= 0.6 is 0 Å². The van der Waals surface area contributed by atoms with Crippen LogP contribution in [0.25, 0.3) is 0 Å². The second-order valence-electron chi connectivity index (χ2n) is 5.58. The van der Waals surface area contributed by atoms with Gasteiger partial charge in [-0.05, 0) is 46.7 Å². The Kier molecular flexibility index (Phi) is 4.64. The van der Waals surface area contributed by atoms with E-state index in [-0.39, 0.29) is 0 Å². The number of nitrogens with zero attached hydrogens (tertiary/aromatic N) is 3. The van der Waals surface area contributed by atoms with Crippen LogP contribution in [0.1, 0.15) is 46.1 Å². The fourth-order valence-corrected chi connectivity index (χ4v) is 2.59. The molecule has 1 saturated heterocycles. The lowest BCUT2D eigenvalue weighted by molar-refractivity contribution is 0.180. The Morgan fingerprint density at radius 3 is 2.61 bits per heavy atom. The Morgan fingerprint density at radius 2 is 1.94 bits per heavy atom. The van der Waals surface area contributed by atoms with Crippen molar-refractivity contribution in [3.8, 4) is 0 Å². The first kappa shape index (κ1) is 13.4. The maximum atomic E-state index is 4.39. The molecule has 1 N–H and O–H groups in total. The fourth-order valence-electron chi connectivity index (χ4n) is 2.59. The van der Waals surface area contributed by atoms with Crippen molar-refractivity contribution in [2.45, 2.75) is 52.1 Å². The van der Waals surface area contributed by atoms with Crippen molar-refractivity contribution in [3.05, 3.63) is 12.4 Å². The van der Waals surface area contributed by atoms with Crippen molar-refractivity contribution in [1.82, 2.24) is 14.5 Å². The number of anilines is 1. The predicted octanol–water partition coefficient (Wildman–Crippen LogP) is 2.75. The molecule has 0 spiro atoms. The highest BCUT2D eigenvalue weighted by atomic mass is 15.2. The number of nitrogens with one attached hydrogen (secondary N) is 1. The van der Waals surface area contributed by atoms with Crippen molar-refractivity contribution in [2.24, 2.45) is 0 Å². The molecule has 1 aliphatic rings. The van der Waals surface area contributed by atoms with Gasteiger partial charge in [-0.25, -0.2) is 4.98 Å². The molecular formula is C14H26N4. The Labute approximate surface area is 110 Å². The second-order valence-corrected chi connectivity index (χ2v) is 5.58. The molecule has 1 atom stereocenters. The molecule has 0 bridgehead atoms. The van der Waals surface area contributed by atoms with Gasteiger partial charge in [-0.15, -0.1) is 0 Å². The van der Waals surface area contributed by atoms with Crippen molar-refractivity contribution in [1.29, 1.82) is 0 Å². The minimum Gasteiger partial charge on any atom is -0.354 e. The maximum Gasteiger partial charge on any atom is 0.203 e. The van der Waals surface area contributed by atoms with Gasteiger partial charge in [0.2, 0.25) is 5.95 Å². The van der Waals surface area contributed by atoms with Crippen molar-refractivity contribution in [2.75, 3.05) is 25.0 Å². The van der Waals surface area contributed by atoms with E-state index in [2.05, 4.69) is 40.5 Å². The van der Waals surface area contributed by atoms with Gasteiger partial charge in [0.15, 0.2) is 0 Å². The number of hydrogen-bond donors (Lipinski definition) is 1. The van der Waals surface area contributed by atoms with Gasteiger partial charge in [-0.3, -0.25) is 4.90 Å². The van der Waals surface area contributed by atoms with E-state index in [9.17, 15) is 0 Å². The molecule has 2 rings (SSSR count). The van der Waals surface area contributed by atoms with Gasteiger partial charge in [0.25, 0.3) is 0 Å². The minimum atomic E-state index is 0.459. The Balaban J connectivity index is 1.84.